The topological polar surface area (TPSA) is 67.1 Å². The fourth-order valence-corrected chi connectivity index (χ4v) is 2.98. The maximum Gasteiger partial charge on any atom is 0.305 e. The molecule has 3 rings (SSSR count). The van der Waals surface area contributed by atoms with Gasteiger partial charge in [0.05, 0.1) is 23.6 Å². The molecule has 2 N–H and O–H groups in total. The first-order chi connectivity index (χ1) is 10.6. The van der Waals surface area contributed by atoms with Crippen LogP contribution in [0.4, 0.5) is 4.39 Å². The second-order valence-corrected chi connectivity index (χ2v) is 5.57. The molecule has 0 spiro atoms. The van der Waals surface area contributed by atoms with Gasteiger partial charge in [-0.3, -0.25) is 9.48 Å². The first-order valence-electron chi connectivity index (χ1n) is 7.03. The van der Waals surface area contributed by atoms with Crippen LogP contribution in [0.15, 0.2) is 18.2 Å². The molecule has 22 heavy (non-hydrogen) atoms. The molecule has 0 bridgehead atoms. The van der Waals surface area contributed by atoms with Gasteiger partial charge in [0.1, 0.15) is 11.5 Å². The average Bonchev–Trinajstić information content (AvgIpc) is 2.84. The van der Waals surface area contributed by atoms with Crippen molar-refractivity contribution in [3.8, 4) is 11.3 Å². The second-order valence-electron chi connectivity index (χ2n) is 5.16. The molecule has 1 aliphatic rings. The SMILES string of the molecule is O=C(O)CCn1nc(-c2c(F)cccc2Cl)c2c1CCNC2. The van der Waals surface area contributed by atoms with E-state index in [-0.39, 0.29) is 18.5 Å². The molecule has 5 nitrogen and oxygen atoms in total. The fraction of sp³-hybridized carbons (Fsp3) is 0.333. The summed E-state index contributed by atoms with van der Waals surface area (Å²) >= 11 is 6.14. The van der Waals surface area contributed by atoms with E-state index in [1.165, 1.54) is 6.07 Å². The largest absolute Gasteiger partial charge is 0.481 e. The van der Waals surface area contributed by atoms with Crippen molar-refractivity contribution in [2.45, 2.75) is 25.9 Å². The van der Waals surface area contributed by atoms with Crippen molar-refractivity contribution in [1.82, 2.24) is 15.1 Å². The molecule has 0 radical (unpaired) electrons. The van der Waals surface area contributed by atoms with E-state index in [1.54, 1.807) is 16.8 Å². The number of nitrogens with zero attached hydrogens (tertiary/aromatic N) is 2. The molecule has 0 amide bonds. The number of aliphatic carboxylic acids is 1. The average molecular weight is 324 g/mol. The van der Waals surface area contributed by atoms with Crippen LogP contribution >= 0.6 is 11.6 Å². The molecule has 0 saturated carbocycles. The van der Waals surface area contributed by atoms with Crippen LogP contribution in [0.3, 0.4) is 0 Å². The number of benzene rings is 1. The molecule has 116 valence electrons. The van der Waals surface area contributed by atoms with E-state index in [2.05, 4.69) is 10.4 Å². The Hall–Kier alpha value is -1.92. The van der Waals surface area contributed by atoms with Gasteiger partial charge in [-0.15, -0.1) is 0 Å². The number of aryl methyl sites for hydroxylation is 1. The minimum Gasteiger partial charge on any atom is -0.481 e. The Morgan fingerprint density at radius 2 is 2.32 bits per heavy atom. The van der Waals surface area contributed by atoms with Gasteiger partial charge in [0.25, 0.3) is 0 Å². The zero-order valence-corrected chi connectivity index (χ0v) is 12.5. The number of carboxylic acid groups (broad SMARTS) is 1. The number of halogens is 2. The van der Waals surface area contributed by atoms with Gasteiger partial charge in [0, 0.05) is 30.8 Å². The third kappa shape index (κ3) is 2.71. The summed E-state index contributed by atoms with van der Waals surface area (Å²) in [6.07, 6.45) is 0.708. The molecule has 1 aromatic heterocycles. The Bertz CT molecular complexity index is 710. The molecule has 2 aromatic rings. The Kier molecular flexibility index (Phi) is 4.13. The Morgan fingerprint density at radius 1 is 1.50 bits per heavy atom. The van der Waals surface area contributed by atoms with Crippen molar-refractivity contribution in [2.75, 3.05) is 6.54 Å². The molecular formula is C15H15ClFN3O2. The number of aromatic nitrogens is 2. The first kappa shape index (κ1) is 15.0. The molecule has 1 aliphatic heterocycles. The maximum absolute atomic E-state index is 14.2. The van der Waals surface area contributed by atoms with Gasteiger partial charge in [0.2, 0.25) is 0 Å². The fourth-order valence-electron chi connectivity index (χ4n) is 2.73. The van der Waals surface area contributed by atoms with Gasteiger partial charge in [0.15, 0.2) is 0 Å². The van der Waals surface area contributed by atoms with Crippen molar-refractivity contribution in [3.63, 3.8) is 0 Å². The summed E-state index contributed by atoms with van der Waals surface area (Å²) in [7, 11) is 0. The van der Waals surface area contributed by atoms with E-state index in [1.807, 2.05) is 0 Å². The van der Waals surface area contributed by atoms with Gasteiger partial charge in [-0.05, 0) is 12.1 Å². The molecule has 0 fully saturated rings. The lowest BCUT2D eigenvalue weighted by atomic mass is 10.0. The lowest BCUT2D eigenvalue weighted by Gasteiger charge is -2.15. The highest BCUT2D eigenvalue weighted by Gasteiger charge is 2.24. The Labute approximate surface area is 131 Å². The molecule has 0 unspecified atom stereocenters. The van der Waals surface area contributed by atoms with Gasteiger partial charge < -0.3 is 10.4 Å². The van der Waals surface area contributed by atoms with E-state index < -0.39 is 11.8 Å². The van der Waals surface area contributed by atoms with Gasteiger partial charge in [-0.1, -0.05) is 17.7 Å². The lowest BCUT2D eigenvalue weighted by Crippen LogP contribution is -2.25. The number of hydrogen-bond donors (Lipinski definition) is 2. The van der Waals surface area contributed by atoms with Crippen LogP contribution in [-0.4, -0.2) is 27.4 Å². The lowest BCUT2D eigenvalue weighted by molar-refractivity contribution is -0.137. The molecule has 0 aliphatic carbocycles. The van der Waals surface area contributed by atoms with Crippen molar-refractivity contribution >= 4 is 17.6 Å². The second kappa shape index (κ2) is 6.06. The van der Waals surface area contributed by atoms with Crippen molar-refractivity contribution in [2.24, 2.45) is 0 Å². The highest BCUT2D eigenvalue weighted by molar-refractivity contribution is 6.33. The van der Waals surface area contributed by atoms with Crippen molar-refractivity contribution in [1.29, 1.82) is 0 Å². The smallest absolute Gasteiger partial charge is 0.305 e. The number of fused-ring (bicyclic) bond motifs is 1. The van der Waals surface area contributed by atoms with Gasteiger partial charge >= 0.3 is 5.97 Å². The highest BCUT2D eigenvalue weighted by atomic mass is 35.5. The van der Waals surface area contributed by atoms with Crippen LogP contribution < -0.4 is 5.32 Å². The molecule has 0 saturated heterocycles. The van der Waals surface area contributed by atoms with Crippen LogP contribution in [-0.2, 0) is 24.3 Å². The quantitative estimate of drug-likeness (QED) is 0.907. The third-order valence-corrected chi connectivity index (χ3v) is 4.06. The molecular weight excluding hydrogens is 309 g/mol. The highest BCUT2D eigenvalue weighted by Crippen LogP contribution is 2.34. The summed E-state index contributed by atoms with van der Waals surface area (Å²) in [5.74, 6) is -1.31. The predicted octanol–water partition coefficient (Wildman–Crippen LogP) is 2.46. The monoisotopic (exact) mass is 323 g/mol. The van der Waals surface area contributed by atoms with E-state index >= 15 is 0 Å². The number of rotatable bonds is 4. The van der Waals surface area contributed by atoms with Gasteiger partial charge in [-0.25, -0.2) is 4.39 Å². The predicted molar refractivity (Wildman–Crippen MR) is 80.3 cm³/mol. The van der Waals surface area contributed by atoms with E-state index in [9.17, 15) is 9.18 Å². The molecule has 0 atom stereocenters. The first-order valence-corrected chi connectivity index (χ1v) is 7.41. The number of nitrogens with one attached hydrogen (secondary N) is 1. The number of carbonyl (C=O) groups is 1. The van der Waals surface area contributed by atoms with E-state index in [4.69, 9.17) is 16.7 Å². The van der Waals surface area contributed by atoms with Crippen molar-refractivity contribution in [3.05, 3.63) is 40.3 Å². The standard InChI is InChI=1S/C15H15ClFN3O2/c16-10-2-1-3-11(17)14(10)15-9-8-18-6-4-12(9)20(19-15)7-5-13(21)22/h1-3,18H,4-8H2,(H,21,22). The summed E-state index contributed by atoms with van der Waals surface area (Å²) in [6, 6.07) is 4.52. The zero-order valence-electron chi connectivity index (χ0n) is 11.8. The summed E-state index contributed by atoms with van der Waals surface area (Å²) in [5.41, 5.74) is 2.62. The summed E-state index contributed by atoms with van der Waals surface area (Å²) in [5, 5.41) is 16.8. The Morgan fingerprint density at radius 3 is 3.05 bits per heavy atom. The van der Waals surface area contributed by atoms with Crippen LogP contribution in [0, 0.1) is 5.82 Å². The van der Waals surface area contributed by atoms with E-state index in [0.29, 0.717) is 17.3 Å². The molecule has 2 heterocycles. The third-order valence-electron chi connectivity index (χ3n) is 3.74. The Balaban J connectivity index is 2.10. The minimum atomic E-state index is -0.886. The minimum absolute atomic E-state index is 0.0218. The summed E-state index contributed by atoms with van der Waals surface area (Å²) in [4.78, 5) is 10.8. The van der Waals surface area contributed by atoms with Crippen LogP contribution in [0.5, 0.6) is 0 Å². The van der Waals surface area contributed by atoms with Crippen LogP contribution in [0.25, 0.3) is 11.3 Å². The maximum atomic E-state index is 14.2. The summed E-state index contributed by atoms with van der Waals surface area (Å²) in [6.45, 7) is 1.63. The van der Waals surface area contributed by atoms with Crippen LogP contribution in [0.2, 0.25) is 5.02 Å². The normalized spacial score (nSPS) is 13.9. The zero-order chi connectivity index (χ0) is 15.7. The molecule has 1 aromatic carbocycles. The van der Waals surface area contributed by atoms with Crippen LogP contribution in [0.1, 0.15) is 17.7 Å². The molecule has 7 heteroatoms. The van der Waals surface area contributed by atoms with E-state index in [0.717, 1.165) is 24.2 Å². The number of carboxylic acids is 1. The summed E-state index contributed by atoms with van der Waals surface area (Å²) < 4.78 is 15.9. The van der Waals surface area contributed by atoms with Gasteiger partial charge in [-0.2, -0.15) is 5.10 Å². The number of hydrogen-bond acceptors (Lipinski definition) is 3. The van der Waals surface area contributed by atoms with Crippen molar-refractivity contribution < 1.29 is 14.3 Å².